The zero-order valence-corrected chi connectivity index (χ0v) is 20.7. The molecule has 0 atom stereocenters. The maximum absolute atomic E-state index is 11.7. The highest BCUT2D eigenvalue weighted by atomic mass is 35.5. The number of carboxylic acids is 1. The van der Waals surface area contributed by atoms with Crippen molar-refractivity contribution in [2.45, 2.75) is 53.0 Å². The number of benzene rings is 1. The molecule has 1 aliphatic rings. The van der Waals surface area contributed by atoms with E-state index >= 15 is 0 Å². The molecule has 6 nitrogen and oxygen atoms in total. The molecule has 1 aromatic carbocycles. The molecule has 0 spiro atoms. The minimum Gasteiger partial charge on any atom is -0.479 e. The number of halogens is 1. The number of ether oxygens (including phenoxy) is 2. The van der Waals surface area contributed by atoms with Gasteiger partial charge in [0, 0.05) is 11.7 Å². The van der Waals surface area contributed by atoms with Crippen LogP contribution in [-0.2, 0) is 9.53 Å². The molecule has 32 heavy (non-hydrogen) atoms. The van der Waals surface area contributed by atoms with Crippen LogP contribution in [0.25, 0.3) is 10.4 Å². The molecule has 1 aliphatic carbocycles. The number of aromatic carboxylic acids is 1. The lowest BCUT2D eigenvalue weighted by Crippen LogP contribution is -2.40. The van der Waals surface area contributed by atoms with Crippen molar-refractivity contribution in [2.24, 2.45) is 10.8 Å². The first-order valence-electron chi connectivity index (χ1n) is 10.5. The quantitative estimate of drug-likeness (QED) is 0.451. The van der Waals surface area contributed by atoms with Crippen molar-refractivity contribution in [2.75, 3.05) is 19.0 Å². The zero-order valence-electron chi connectivity index (χ0n) is 19.1. The lowest BCUT2D eigenvalue weighted by Gasteiger charge is -2.45. The molecule has 2 aromatic rings. The van der Waals surface area contributed by atoms with Crippen LogP contribution in [0.2, 0.25) is 5.02 Å². The van der Waals surface area contributed by atoms with Crippen LogP contribution in [-0.4, -0.2) is 36.8 Å². The summed E-state index contributed by atoms with van der Waals surface area (Å²) in [5.74, 6) is -1.79. The number of carbonyl (C=O) groups is 2. The first-order valence-corrected chi connectivity index (χ1v) is 11.7. The molecule has 0 bridgehead atoms. The summed E-state index contributed by atoms with van der Waals surface area (Å²) in [4.78, 5) is 23.7. The molecule has 1 aromatic heterocycles. The molecule has 3 rings (SSSR count). The summed E-state index contributed by atoms with van der Waals surface area (Å²) in [6.45, 7) is 8.84. The van der Waals surface area contributed by atoms with Gasteiger partial charge in [-0.05, 0) is 47.8 Å². The van der Waals surface area contributed by atoms with Gasteiger partial charge < -0.3 is 19.9 Å². The monoisotopic (exact) mass is 479 g/mol. The van der Waals surface area contributed by atoms with Crippen molar-refractivity contribution >= 4 is 40.6 Å². The molecule has 174 valence electrons. The van der Waals surface area contributed by atoms with E-state index in [1.54, 1.807) is 0 Å². The molecule has 0 saturated heterocycles. The molecule has 1 saturated carbocycles. The van der Waals surface area contributed by atoms with Crippen molar-refractivity contribution < 1.29 is 24.2 Å². The van der Waals surface area contributed by atoms with E-state index in [0.29, 0.717) is 10.9 Å². The van der Waals surface area contributed by atoms with Crippen LogP contribution in [0.5, 0.6) is 5.75 Å². The van der Waals surface area contributed by atoms with Gasteiger partial charge >= 0.3 is 11.9 Å². The number of thiophene rings is 1. The normalized spacial score (nSPS) is 17.6. The summed E-state index contributed by atoms with van der Waals surface area (Å²) in [7, 11) is 1.23. The Morgan fingerprint density at radius 2 is 1.88 bits per heavy atom. The first kappa shape index (κ1) is 24.4. The number of carboxylic acid groups (broad SMARTS) is 1. The predicted molar refractivity (Wildman–Crippen MR) is 128 cm³/mol. The van der Waals surface area contributed by atoms with Crippen molar-refractivity contribution in [3.05, 3.63) is 34.2 Å². The van der Waals surface area contributed by atoms with Crippen molar-refractivity contribution in [1.29, 1.82) is 0 Å². The highest BCUT2D eigenvalue weighted by Gasteiger charge is 2.38. The molecular weight excluding hydrogens is 450 g/mol. The van der Waals surface area contributed by atoms with Gasteiger partial charge in [-0.3, -0.25) is 0 Å². The Morgan fingerprint density at radius 1 is 1.22 bits per heavy atom. The molecule has 1 fully saturated rings. The van der Waals surface area contributed by atoms with Crippen LogP contribution in [0, 0.1) is 10.8 Å². The standard InChI is InChI=1S/C24H30ClNO5S/c1-23(2)10-16(11-24(3,4)13-23)26-15-8-6-7-14(9-15)20-18(25)19(21(32-20)22(28)29)31-12-17(27)30-5/h6-9,16,26H,10-13H2,1-5H3,(H,28,29). The summed E-state index contributed by atoms with van der Waals surface area (Å²) >= 11 is 7.53. The molecule has 1 heterocycles. The van der Waals surface area contributed by atoms with Crippen LogP contribution < -0.4 is 10.1 Å². The van der Waals surface area contributed by atoms with Gasteiger partial charge in [-0.1, -0.05) is 51.4 Å². The van der Waals surface area contributed by atoms with Crippen molar-refractivity contribution in [3.8, 4) is 16.2 Å². The zero-order chi connectivity index (χ0) is 23.7. The Labute approximate surface area is 197 Å². The van der Waals surface area contributed by atoms with Gasteiger partial charge in [0.25, 0.3) is 0 Å². The smallest absolute Gasteiger partial charge is 0.349 e. The topological polar surface area (TPSA) is 84.9 Å². The lowest BCUT2D eigenvalue weighted by atomic mass is 9.63. The SMILES string of the molecule is COC(=O)COc1c(C(=O)O)sc(-c2cccc(NC3CC(C)(C)CC(C)(C)C3)c2)c1Cl. The van der Waals surface area contributed by atoms with Gasteiger partial charge in [-0.15, -0.1) is 11.3 Å². The number of nitrogens with one attached hydrogen (secondary N) is 1. The van der Waals surface area contributed by atoms with Gasteiger partial charge in [0.2, 0.25) is 0 Å². The molecule has 0 radical (unpaired) electrons. The van der Waals surface area contributed by atoms with E-state index in [0.717, 1.165) is 35.4 Å². The highest BCUT2D eigenvalue weighted by molar-refractivity contribution is 7.18. The Morgan fingerprint density at radius 3 is 2.47 bits per heavy atom. The fourth-order valence-electron chi connectivity index (χ4n) is 4.98. The summed E-state index contributed by atoms with van der Waals surface area (Å²) < 4.78 is 9.95. The summed E-state index contributed by atoms with van der Waals surface area (Å²) in [6.07, 6.45) is 3.35. The molecular formula is C24H30ClNO5S. The van der Waals surface area contributed by atoms with Crippen molar-refractivity contribution in [1.82, 2.24) is 0 Å². The third-order valence-electron chi connectivity index (χ3n) is 5.62. The maximum Gasteiger partial charge on any atom is 0.349 e. The van der Waals surface area contributed by atoms with Gasteiger partial charge in [-0.2, -0.15) is 0 Å². The van der Waals surface area contributed by atoms with Gasteiger partial charge in [0.1, 0.15) is 5.02 Å². The predicted octanol–water partition coefficient (Wildman–Crippen LogP) is 6.34. The number of hydrogen-bond donors (Lipinski definition) is 2. The molecule has 0 unspecified atom stereocenters. The summed E-state index contributed by atoms with van der Waals surface area (Å²) in [5.41, 5.74) is 2.27. The average molecular weight is 480 g/mol. The molecule has 2 N–H and O–H groups in total. The third kappa shape index (κ3) is 5.75. The minimum absolute atomic E-state index is 0.0151. The number of anilines is 1. The fourth-order valence-corrected chi connectivity index (χ4v) is 6.38. The van der Waals surface area contributed by atoms with Gasteiger partial charge in [-0.25, -0.2) is 9.59 Å². The highest BCUT2D eigenvalue weighted by Crippen LogP contribution is 2.48. The van der Waals surface area contributed by atoms with E-state index in [2.05, 4.69) is 37.7 Å². The second-order valence-electron chi connectivity index (χ2n) is 9.91. The Balaban J connectivity index is 1.87. The number of esters is 1. The summed E-state index contributed by atoms with van der Waals surface area (Å²) in [6, 6.07) is 8.13. The van der Waals surface area contributed by atoms with Gasteiger partial charge in [0.05, 0.1) is 12.0 Å². The van der Waals surface area contributed by atoms with Crippen LogP contribution in [0.4, 0.5) is 5.69 Å². The first-order chi connectivity index (χ1) is 14.9. The number of carbonyl (C=O) groups excluding carboxylic acids is 1. The third-order valence-corrected chi connectivity index (χ3v) is 7.30. The van der Waals surface area contributed by atoms with E-state index < -0.39 is 18.5 Å². The molecule has 0 amide bonds. The van der Waals surface area contributed by atoms with Gasteiger partial charge in [0.15, 0.2) is 17.2 Å². The van der Waals surface area contributed by atoms with Crippen molar-refractivity contribution in [3.63, 3.8) is 0 Å². The fraction of sp³-hybridized carbons (Fsp3) is 0.500. The van der Waals surface area contributed by atoms with Crippen LogP contribution in [0.3, 0.4) is 0 Å². The van der Waals surface area contributed by atoms with Crippen LogP contribution in [0.1, 0.15) is 56.6 Å². The van der Waals surface area contributed by atoms with Crippen LogP contribution >= 0.6 is 22.9 Å². The Kier molecular flexibility index (Phi) is 7.10. The largest absolute Gasteiger partial charge is 0.479 e. The number of hydrogen-bond acceptors (Lipinski definition) is 6. The van der Waals surface area contributed by atoms with E-state index in [-0.39, 0.29) is 26.5 Å². The number of rotatable bonds is 7. The average Bonchev–Trinajstić information content (AvgIpc) is 3.00. The second kappa shape index (κ2) is 9.32. The van der Waals surface area contributed by atoms with Crippen LogP contribution in [0.15, 0.2) is 24.3 Å². The molecule has 0 aliphatic heterocycles. The van der Waals surface area contributed by atoms with E-state index in [1.807, 2.05) is 24.3 Å². The lowest BCUT2D eigenvalue weighted by molar-refractivity contribution is -0.142. The maximum atomic E-state index is 11.7. The Bertz CT molecular complexity index is 998. The second-order valence-corrected chi connectivity index (χ2v) is 11.3. The number of methoxy groups -OCH3 is 1. The van der Waals surface area contributed by atoms with E-state index in [4.69, 9.17) is 16.3 Å². The molecule has 8 heteroatoms. The Hall–Kier alpha value is -2.25. The van der Waals surface area contributed by atoms with E-state index in [1.165, 1.54) is 13.5 Å². The summed E-state index contributed by atoms with van der Waals surface area (Å²) in [5, 5.41) is 13.4. The van der Waals surface area contributed by atoms with E-state index in [9.17, 15) is 14.7 Å². The minimum atomic E-state index is -1.16.